The number of alkyl halides is 3. The van der Waals surface area contributed by atoms with E-state index in [1.54, 1.807) is 64.5 Å². The Labute approximate surface area is 252 Å². The van der Waals surface area contributed by atoms with Crippen molar-refractivity contribution >= 4 is 44.7 Å². The first-order valence-corrected chi connectivity index (χ1v) is 15.2. The number of carbonyl (C=O) groups is 1. The smallest absolute Gasteiger partial charge is 0.367 e. The number of benzene rings is 3. The number of halogens is 4. The highest BCUT2D eigenvalue weighted by molar-refractivity contribution is 7.89. The molecule has 3 aromatic carbocycles. The van der Waals surface area contributed by atoms with Gasteiger partial charge in [-0.25, -0.2) is 18.5 Å². The van der Waals surface area contributed by atoms with Crippen LogP contribution in [0.3, 0.4) is 0 Å². The second kappa shape index (κ2) is 12.2. The molecule has 0 saturated heterocycles. The van der Waals surface area contributed by atoms with Gasteiger partial charge in [0.1, 0.15) is 5.82 Å². The first-order valence-electron chi connectivity index (χ1n) is 13.2. The summed E-state index contributed by atoms with van der Waals surface area (Å²) in [6, 6.07) is 20.0. The molecule has 1 amide bonds. The molecular formula is C30H27ClF3N5O3S. The van der Waals surface area contributed by atoms with Gasteiger partial charge in [-0.15, -0.1) is 0 Å². The maximum absolute atomic E-state index is 13.8. The first-order chi connectivity index (χ1) is 20.4. The van der Waals surface area contributed by atoms with E-state index in [0.29, 0.717) is 42.3 Å². The number of nitrogens with two attached hydrogens (primary N) is 1. The summed E-state index contributed by atoms with van der Waals surface area (Å²) < 4.78 is 64.6. The number of nitrogens with zero attached hydrogens (tertiary/aromatic N) is 3. The summed E-state index contributed by atoms with van der Waals surface area (Å²) in [7, 11) is -3.85. The normalized spacial score (nSPS) is 13.3. The van der Waals surface area contributed by atoms with Gasteiger partial charge in [0.2, 0.25) is 10.0 Å². The van der Waals surface area contributed by atoms with Gasteiger partial charge >= 0.3 is 6.18 Å². The van der Waals surface area contributed by atoms with Crippen LogP contribution in [-0.4, -0.2) is 38.9 Å². The van der Waals surface area contributed by atoms with Crippen LogP contribution in [0.2, 0.25) is 5.02 Å². The molecule has 0 atom stereocenters. The SMILES string of the molecule is NS(=O)(=O)c1ccc(CCN(C(=O)c2ccccc2)c2cnc3c(c2)N(Cc2cc(Cl)ccc2C(F)(F)F)CCN3)cc1. The molecule has 0 bridgehead atoms. The molecule has 8 nitrogen and oxygen atoms in total. The van der Waals surface area contributed by atoms with E-state index in [2.05, 4.69) is 10.3 Å². The molecule has 2 heterocycles. The quantitative estimate of drug-likeness (QED) is 0.258. The lowest BCUT2D eigenvalue weighted by molar-refractivity contribution is -0.138. The molecule has 0 saturated carbocycles. The summed E-state index contributed by atoms with van der Waals surface area (Å²) in [4.78, 5) is 21.5. The second-order valence-corrected chi connectivity index (χ2v) is 12.0. The fourth-order valence-electron chi connectivity index (χ4n) is 4.91. The van der Waals surface area contributed by atoms with Crippen LogP contribution < -0.4 is 20.3 Å². The number of hydrogen-bond donors (Lipinski definition) is 2. The average Bonchev–Trinajstić information content (AvgIpc) is 2.97. The molecule has 0 spiro atoms. The Kier molecular flexibility index (Phi) is 8.63. The number of carbonyl (C=O) groups excluding carboxylic acids is 1. The van der Waals surface area contributed by atoms with Crippen LogP contribution in [0.5, 0.6) is 0 Å². The van der Waals surface area contributed by atoms with E-state index in [4.69, 9.17) is 16.7 Å². The van der Waals surface area contributed by atoms with Gasteiger partial charge in [-0.05, 0) is 66.1 Å². The zero-order chi connectivity index (χ0) is 30.8. The van der Waals surface area contributed by atoms with E-state index in [0.717, 1.165) is 11.6 Å². The Morgan fingerprint density at radius 3 is 2.44 bits per heavy atom. The number of nitrogens with one attached hydrogen (secondary N) is 1. The highest BCUT2D eigenvalue weighted by Crippen LogP contribution is 2.37. The minimum atomic E-state index is -4.55. The molecule has 5 rings (SSSR count). The molecule has 0 unspecified atom stereocenters. The van der Waals surface area contributed by atoms with E-state index < -0.39 is 21.8 Å². The van der Waals surface area contributed by atoms with Crippen LogP contribution in [0.4, 0.5) is 30.4 Å². The van der Waals surface area contributed by atoms with Crippen molar-refractivity contribution in [1.29, 1.82) is 0 Å². The Morgan fingerprint density at radius 1 is 1.05 bits per heavy atom. The standard InChI is InChI=1S/C30H27ClF3N5O3S/c31-23-8-11-26(30(32,33)34)22(16-23)19-38-15-13-36-28-27(38)17-24(18-37-28)39(29(40)21-4-2-1-3-5-21)14-12-20-6-9-25(10-7-20)43(35,41)42/h1-11,16-18H,12-15,19H2,(H,36,37)(H2,35,41,42). The van der Waals surface area contributed by atoms with Gasteiger partial charge in [0.25, 0.3) is 5.91 Å². The van der Waals surface area contributed by atoms with Gasteiger partial charge in [0, 0.05) is 36.8 Å². The van der Waals surface area contributed by atoms with E-state index in [1.165, 1.54) is 24.3 Å². The number of hydrogen-bond acceptors (Lipinski definition) is 6. The summed E-state index contributed by atoms with van der Waals surface area (Å²) >= 11 is 6.07. The Hall–Kier alpha value is -4.13. The molecule has 1 aliphatic heterocycles. The molecule has 4 aromatic rings. The summed E-state index contributed by atoms with van der Waals surface area (Å²) in [5.41, 5.74) is 1.46. The molecule has 43 heavy (non-hydrogen) atoms. The number of amides is 1. The van der Waals surface area contributed by atoms with Crippen molar-refractivity contribution in [2.45, 2.75) is 24.0 Å². The number of anilines is 3. The van der Waals surface area contributed by atoms with E-state index in [1.807, 2.05) is 0 Å². The summed E-state index contributed by atoms with van der Waals surface area (Å²) in [5, 5.41) is 8.57. The molecule has 13 heteroatoms. The molecular weight excluding hydrogens is 603 g/mol. The third-order valence-electron chi connectivity index (χ3n) is 7.06. The summed E-state index contributed by atoms with van der Waals surface area (Å²) in [6.45, 7) is 0.995. The lowest BCUT2D eigenvalue weighted by Gasteiger charge is -2.33. The van der Waals surface area contributed by atoms with Gasteiger partial charge < -0.3 is 15.1 Å². The van der Waals surface area contributed by atoms with Gasteiger partial charge in [-0.1, -0.05) is 41.9 Å². The molecule has 224 valence electrons. The van der Waals surface area contributed by atoms with Crippen molar-refractivity contribution in [2.24, 2.45) is 5.14 Å². The van der Waals surface area contributed by atoms with Crippen molar-refractivity contribution in [2.75, 3.05) is 34.8 Å². The van der Waals surface area contributed by atoms with E-state index in [-0.39, 0.29) is 34.5 Å². The maximum Gasteiger partial charge on any atom is 0.416 e. The number of fused-ring (bicyclic) bond motifs is 1. The minimum absolute atomic E-state index is 0.0201. The topological polar surface area (TPSA) is 109 Å². The van der Waals surface area contributed by atoms with E-state index in [9.17, 15) is 26.4 Å². The van der Waals surface area contributed by atoms with Gasteiger partial charge in [-0.3, -0.25) is 4.79 Å². The molecule has 0 aliphatic carbocycles. The van der Waals surface area contributed by atoms with Crippen LogP contribution in [-0.2, 0) is 29.2 Å². The van der Waals surface area contributed by atoms with Gasteiger partial charge in [0.05, 0.1) is 28.0 Å². The lowest BCUT2D eigenvalue weighted by Crippen LogP contribution is -2.36. The fraction of sp³-hybridized carbons (Fsp3) is 0.200. The van der Waals surface area contributed by atoms with Crippen molar-refractivity contribution in [1.82, 2.24) is 4.98 Å². The third kappa shape index (κ3) is 7.10. The zero-order valence-corrected chi connectivity index (χ0v) is 24.3. The molecule has 1 aliphatic rings. The average molecular weight is 630 g/mol. The Bertz CT molecular complexity index is 1740. The van der Waals surface area contributed by atoms with E-state index >= 15 is 0 Å². The molecule has 0 fully saturated rings. The largest absolute Gasteiger partial charge is 0.416 e. The van der Waals surface area contributed by atoms with Crippen LogP contribution in [0.15, 0.2) is 90.0 Å². The van der Waals surface area contributed by atoms with Crippen molar-refractivity contribution in [3.05, 3.63) is 112 Å². The first kappa shape index (κ1) is 30.3. The third-order valence-corrected chi connectivity index (χ3v) is 8.22. The molecule has 1 aromatic heterocycles. The van der Waals surface area contributed by atoms with Crippen LogP contribution in [0, 0.1) is 0 Å². The highest BCUT2D eigenvalue weighted by atomic mass is 35.5. The predicted molar refractivity (Wildman–Crippen MR) is 160 cm³/mol. The summed E-state index contributed by atoms with van der Waals surface area (Å²) in [6.07, 6.45) is -2.64. The Balaban J connectivity index is 1.48. The Morgan fingerprint density at radius 2 is 1.77 bits per heavy atom. The van der Waals surface area contributed by atoms with Crippen molar-refractivity contribution in [3.63, 3.8) is 0 Å². The molecule has 0 radical (unpaired) electrons. The minimum Gasteiger partial charge on any atom is -0.367 e. The second-order valence-electron chi connectivity index (χ2n) is 9.97. The number of pyridine rings is 1. The van der Waals surface area contributed by atoms with Gasteiger partial charge in [0.15, 0.2) is 0 Å². The highest BCUT2D eigenvalue weighted by Gasteiger charge is 2.34. The number of rotatable bonds is 8. The van der Waals surface area contributed by atoms with Crippen LogP contribution in [0.25, 0.3) is 0 Å². The number of primary sulfonamides is 1. The summed E-state index contributed by atoms with van der Waals surface area (Å²) in [5.74, 6) is 0.185. The zero-order valence-electron chi connectivity index (χ0n) is 22.7. The van der Waals surface area contributed by atoms with Crippen molar-refractivity contribution < 1.29 is 26.4 Å². The number of sulfonamides is 1. The predicted octanol–water partition coefficient (Wildman–Crippen LogP) is 5.72. The monoisotopic (exact) mass is 629 g/mol. The lowest BCUT2D eigenvalue weighted by atomic mass is 10.1. The van der Waals surface area contributed by atoms with Crippen LogP contribution >= 0.6 is 11.6 Å². The fourth-order valence-corrected chi connectivity index (χ4v) is 5.62. The number of aromatic nitrogens is 1. The van der Waals surface area contributed by atoms with Gasteiger partial charge in [-0.2, -0.15) is 13.2 Å². The van der Waals surface area contributed by atoms with Crippen molar-refractivity contribution in [3.8, 4) is 0 Å². The maximum atomic E-state index is 13.8. The molecule has 3 N–H and O–H groups in total. The van der Waals surface area contributed by atoms with Crippen LogP contribution in [0.1, 0.15) is 27.0 Å².